The molecule has 222 valence electrons. The first-order valence-corrected chi connectivity index (χ1v) is 15.9. The number of fused-ring (bicyclic) bond motifs is 5. The van der Waals surface area contributed by atoms with Crippen molar-refractivity contribution in [3.05, 3.63) is 145 Å². The fraction of sp³-hybridized carbons (Fsp3) is 0.116. The van der Waals surface area contributed by atoms with Crippen LogP contribution in [-0.2, 0) is 6.42 Å². The van der Waals surface area contributed by atoms with Gasteiger partial charge in [0.1, 0.15) is 11.5 Å². The minimum Gasteiger partial charge on any atom is -0.457 e. The van der Waals surface area contributed by atoms with E-state index in [-0.39, 0.29) is 5.41 Å². The van der Waals surface area contributed by atoms with Gasteiger partial charge < -0.3 is 4.74 Å². The van der Waals surface area contributed by atoms with E-state index in [2.05, 4.69) is 124 Å². The number of aromatic nitrogens is 2. The molecule has 0 bridgehead atoms. The number of hydrogen-bond donors (Lipinski definition) is 0. The second-order valence-electron chi connectivity index (χ2n) is 13.3. The first-order chi connectivity index (χ1) is 22.4. The quantitative estimate of drug-likeness (QED) is 0.199. The predicted octanol–water partition coefficient (Wildman–Crippen LogP) is 11.7. The molecule has 0 saturated carbocycles. The summed E-state index contributed by atoms with van der Waals surface area (Å²) in [7, 11) is 0. The van der Waals surface area contributed by atoms with E-state index in [1.165, 1.54) is 38.8 Å². The normalized spacial score (nSPS) is 11.9. The zero-order chi connectivity index (χ0) is 31.3. The van der Waals surface area contributed by atoms with E-state index in [1.807, 2.05) is 36.7 Å². The summed E-state index contributed by atoms with van der Waals surface area (Å²) in [6.45, 7) is 6.75. The van der Waals surface area contributed by atoms with Crippen molar-refractivity contribution in [2.75, 3.05) is 0 Å². The molecule has 2 heterocycles. The van der Waals surface area contributed by atoms with Crippen molar-refractivity contribution in [2.45, 2.75) is 27.2 Å². The van der Waals surface area contributed by atoms with Crippen molar-refractivity contribution in [2.24, 2.45) is 5.41 Å². The third-order valence-corrected chi connectivity index (χ3v) is 8.67. The third-order valence-electron chi connectivity index (χ3n) is 8.67. The molecular weight excluding hydrogens is 560 g/mol. The zero-order valence-electron chi connectivity index (χ0n) is 26.3. The monoisotopic (exact) mass is 594 g/mol. The van der Waals surface area contributed by atoms with Gasteiger partial charge in [0, 0.05) is 39.9 Å². The number of nitrogens with zero attached hydrogens (tertiary/aromatic N) is 2. The molecule has 0 atom stereocenters. The summed E-state index contributed by atoms with van der Waals surface area (Å²) in [6, 6.07) is 44.6. The summed E-state index contributed by atoms with van der Waals surface area (Å²) < 4.78 is 6.44. The lowest BCUT2D eigenvalue weighted by molar-refractivity contribution is 0.411. The Labute approximate surface area is 270 Å². The second kappa shape index (κ2) is 11.1. The summed E-state index contributed by atoms with van der Waals surface area (Å²) >= 11 is 0. The van der Waals surface area contributed by atoms with Crippen LogP contribution >= 0.6 is 0 Å². The fourth-order valence-corrected chi connectivity index (χ4v) is 6.74. The standard InChI is InChI=1S/C43H34N2O/c1-43(2,3)25-28-21-22-40(44-26-28)29-11-8-13-31(23-29)46-32-14-9-12-30(24-32)42-38-20-10-19-37-35-17-6-4-15-33(35)34-16-5-7-18-36(34)39(27-45-42)41(37)38/h4-24,26-27H,25H2,1-3H3. The van der Waals surface area contributed by atoms with E-state index in [0.29, 0.717) is 0 Å². The van der Waals surface area contributed by atoms with E-state index in [9.17, 15) is 0 Å². The average molecular weight is 595 g/mol. The first-order valence-electron chi connectivity index (χ1n) is 15.9. The van der Waals surface area contributed by atoms with Gasteiger partial charge in [0.05, 0.1) is 11.4 Å². The molecule has 0 unspecified atom stereocenters. The predicted molar refractivity (Wildman–Crippen MR) is 190 cm³/mol. The Morgan fingerprint density at radius 1 is 0.522 bits per heavy atom. The number of ether oxygens (including phenoxy) is 1. The van der Waals surface area contributed by atoms with Crippen LogP contribution in [0.1, 0.15) is 26.3 Å². The molecule has 1 aliphatic rings. The van der Waals surface area contributed by atoms with Crippen molar-refractivity contribution < 1.29 is 4.74 Å². The topological polar surface area (TPSA) is 35.0 Å². The molecule has 0 amide bonds. The molecule has 3 heteroatoms. The van der Waals surface area contributed by atoms with Crippen LogP contribution in [0.5, 0.6) is 11.5 Å². The lowest BCUT2D eigenvalue weighted by Gasteiger charge is -2.17. The van der Waals surface area contributed by atoms with Gasteiger partial charge in [-0.05, 0) is 75.5 Å². The van der Waals surface area contributed by atoms with Gasteiger partial charge >= 0.3 is 0 Å². The minimum absolute atomic E-state index is 0.225. The van der Waals surface area contributed by atoms with E-state index < -0.39 is 0 Å². The smallest absolute Gasteiger partial charge is 0.128 e. The summed E-state index contributed by atoms with van der Waals surface area (Å²) in [5, 5.41) is 2.35. The van der Waals surface area contributed by atoms with Crippen molar-refractivity contribution >= 4 is 10.8 Å². The molecule has 2 aromatic heterocycles. The van der Waals surface area contributed by atoms with E-state index >= 15 is 0 Å². The first kappa shape index (κ1) is 28.0. The van der Waals surface area contributed by atoms with Gasteiger partial charge in [-0.15, -0.1) is 0 Å². The Kier molecular flexibility index (Phi) is 6.76. The highest BCUT2D eigenvalue weighted by atomic mass is 16.5. The van der Waals surface area contributed by atoms with Crippen LogP contribution in [0.2, 0.25) is 0 Å². The molecule has 0 radical (unpaired) electrons. The van der Waals surface area contributed by atoms with Crippen LogP contribution in [0.25, 0.3) is 66.7 Å². The second-order valence-corrected chi connectivity index (χ2v) is 13.3. The maximum absolute atomic E-state index is 6.44. The molecule has 1 aliphatic carbocycles. The average Bonchev–Trinajstić information content (AvgIpc) is 3.19. The van der Waals surface area contributed by atoms with Crippen LogP contribution in [0.15, 0.2) is 140 Å². The molecule has 46 heavy (non-hydrogen) atoms. The van der Waals surface area contributed by atoms with Gasteiger partial charge in [0.2, 0.25) is 0 Å². The van der Waals surface area contributed by atoms with Crippen LogP contribution in [-0.4, -0.2) is 9.97 Å². The lowest BCUT2D eigenvalue weighted by atomic mass is 9.89. The van der Waals surface area contributed by atoms with Crippen molar-refractivity contribution in [3.63, 3.8) is 0 Å². The molecule has 5 aromatic carbocycles. The number of benzene rings is 5. The van der Waals surface area contributed by atoms with Crippen LogP contribution < -0.4 is 4.74 Å². The summed E-state index contributed by atoms with van der Waals surface area (Å²) in [5.41, 5.74) is 12.7. The van der Waals surface area contributed by atoms with Gasteiger partial charge in [-0.3, -0.25) is 9.97 Å². The Hall–Kier alpha value is -5.54. The Balaban J connectivity index is 1.16. The zero-order valence-corrected chi connectivity index (χ0v) is 26.3. The maximum atomic E-state index is 6.44. The number of pyridine rings is 2. The van der Waals surface area contributed by atoms with Gasteiger partial charge in [-0.2, -0.15) is 0 Å². The van der Waals surface area contributed by atoms with Gasteiger partial charge in [0.25, 0.3) is 0 Å². The summed E-state index contributed by atoms with van der Waals surface area (Å²) in [5.74, 6) is 1.53. The molecular formula is C43H34N2O. The molecule has 7 aromatic rings. The van der Waals surface area contributed by atoms with Crippen LogP contribution in [0.4, 0.5) is 0 Å². The van der Waals surface area contributed by atoms with E-state index in [0.717, 1.165) is 51.4 Å². The highest BCUT2D eigenvalue weighted by Gasteiger charge is 2.23. The van der Waals surface area contributed by atoms with Crippen LogP contribution in [0, 0.1) is 5.41 Å². The Morgan fingerprint density at radius 3 is 1.76 bits per heavy atom. The van der Waals surface area contributed by atoms with Crippen molar-refractivity contribution in [3.8, 4) is 67.4 Å². The molecule has 0 fully saturated rings. The van der Waals surface area contributed by atoms with Crippen molar-refractivity contribution in [1.29, 1.82) is 0 Å². The maximum Gasteiger partial charge on any atom is 0.128 e. The van der Waals surface area contributed by atoms with Crippen LogP contribution in [0.3, 0.4) is 0 Å². The van der Waals surface area contributed by atoms with E-state index in [4.69, 9.17) is 14.7 Å². The summed E-state index contributed by atoms with van der Waals surface area (Å²) in [6.07, 6.45) is 5.03. The van der Waals surface area contributed by atoms with E-state index in [1.54, 1.807) is 0 Å². The Morgan fingerprint density at radius 2 is 1.11 bits per heavy atom. The fourth-order valence-electron chi connectivity index (χ4n) is 6.74. The third kappa shape index (κ3) is 5.14. The molecule has 8 rings (SSSR count). The molecule has 0 spiro atoms. The number of rotatable bonds is 5. The molecule has 3 nitrogen and oxygen atoms in total. The van der Waals surface area contributed by atoms with Crippen molar-refractivity contribution in [1.82, 2.24) is 9.97 Å². The highest BCUT2D eigenvalue weighted by molar-refractivity contribution is 6.15. The SMILES string of the molecule is CC(C)(C)Cc1ccc(-c2cccc(Oc3cccc(-c4ncc5c6c(cccc46)-c4ccccc4-c4ccccc4-5)c3)c2)nc1. The molecule has 0 aliphatic heterocycles. The number of hydrogen-bond acceptors (Lipinski definition) is 3. The molecule has 0 N–H and O–H groups in total. The minimum atomic E-state index is 0.225. The largest absolute Gasteiger partial charge is 0.457 e. The Bertz CT molecular complexity index is 2190. The van der Waals surface area contributed by atoms with Gasteiger partial charge in [-0.1, -0.05) is 118 Å². The van der Waals surface area contributed by atoms with Gasteiger partial charge in [-0.25, -0.2) is 0 Å². The summed E-state index contributed by atoms with van der Waals surface area (Å²) in [4.78, 5) is 9.85. The highest BCUT2D eigenvalue weighted by Crippen LogP contribution is 2.48. The van der Waals surface area contributed by atoms with Gasteiger partial charge in [0.15, 0.2) is 0 Å². The lowest BCUT2D eigenvalue weighted by Crippen LogP contribution is -2.09. The molecule has 0 saturated heterocycles.